The van der Waals surface area contributed by atoms with Crippen LogP contribution in [0, 0.1) is 0 Å². The summed E-state index contributed by atoms with van der Waals surface area (Å²) in [4.78, 5) is 38.5. The SMILES string of the molecule is O=C(NCc1cccc(OC(F)(F)F)c1)C(=O)C1CCCCOCCOCc2ccccc2C(=O)N1. The summed E-state index contributed by atoms with van der Waals surface area (Å²) in [5.41, 5.74) is 1.26. The number of nitrogens with one attached hydrogen (secondary N) is 2. The molecular formula is C25H27F3N2O6. The number of carbonyl (C=O) groups is 3. The normalized spacial score (nSPS) is 17.8. The molecule has 0 fully saturated rings. The number of alkyl halides is 3. The predicted molar refractivity (Wildman–Crippen MR) is 122 cm³/mol. The number of ether oxygens (including phenoxy) is 3. The van der Waals surface area contributed by atoms with E-state index >= 15 is 0 Å². The first-order chi connectivity index (χ1) is 17.2. The molecule has 0 spiro atoms. The number of hydrogen-bond donors (Lipinski definition) is 2. The molecule has 0 saturated heterocycles. The lowest BCUT2D eigenvalue weighted by atomic mass is 10.0. The van der Waals surface area contributed by atoms with Crippen molar-refractivity contribution in [3.05, 3.63) is 65.2 Å². The molecule has 0 bridgehead atoms. The lowest BCUT2D eigenvalue weighted by molar-refractivity contribution is -0.274. The van der Waals surface area contributed by atoms with E-state index < -0.39 is 35.8 Å². The third kappa shape index (κ3) is 8.65. The van der Waals surface area contributed by atoms with Crippen molar-refractivity contribution in [2.75, 3.05) is 19.8 Å². The van der Waals surface area contributed by atoms with Gasteiger partial charge in [-0.15, -0.1) is 13.2 Å². The summed E-state index contributed by atoms with van der Waals surface area (Å²) in [6, 6.07) is 10.8. The first-order valence-corrected chi connectivity index (χ1v) is 11.4. The van der Waals surface area contributed by atoms with Crippen LogP contribution in [0.1, 0.15) is 40.7 Å². The zero-order chi connectivity index (χ0) is 26.0. The molecule has 194 valence electrons. The Bertz CT molecular complexity index is 1060. The molecule has 3 rings (SSSR count). The molecule has 36 heavy (non-hydrogen) atoms. The van der Waals surface area contributed by atoms with Crippen LogP contribution in [-0.4, -0.2) is 49.8 Å². The first kappa shape index (κ1) is 27.2. The molecule has 1 aliphatic rings. The summed E-state index contributed by atoms with van der Waals surface area (Å²) in [6.45, 7) is 1.20. The molecule has 2 N–H and O–H groups in total. The molecule has 11 heteroatoms. The van der Waals surface area contributed by atoms with Crippen LogP contribution in [0.25, 0.3) is 0 Å². The largest absolute Gasteiger partial charge is 0.573 e. The fourth-order valence-electron chi connectivity index (χ4n) is 3.61. The van der Waals surface area contributed by atoms with Crippen molar-refractivity contribution in [1.29, 1.82) is 0 Å². The van der Waals surface area contributed by atoms with Crippen molar-refractivity contribution in [3.8, 4) is 5.75 Å². The minimum absolute atomic E-state index is 0.184. The minimum atomic E-state index is -4.85. The number of rotatable bonds is 5. The van der Waals surface area contributed by atoms with Gasteiger partial charge in [0.15, 0.2) is 0 Å². The van der Waals surface area contributed by atoms with Crippen LogP contribution in [0.5, 0.6) is 5.75 Å². The van der Waals surface area contributed by atoms with Crippen molar-refractivity contribution in [2.45, 2.75) is 44.8 Å². The molecule has 2 amide bonds. The monoisotopic (exact) mass is 508 g/mol. The standard InChI is InChI=1S/C25H27F3N2O6/c26-25(27,28)36-19-8-5-6-17(14-19)15-29-24(33)22(31)21-10-3-4-11-34-12-13-35-16-18-7-1-2-9-20(18)23(32)30-21/h1-2,5-9,14,21H,3-4,10-13,15-16H2,(H,29,33)(H,30,32). The number of ketones is 1. The maximum Gasteiger partial charge on any atom is 0.573 e. The van der Waals surface area contributed by atoms with Crippen LogP contribution in [0.2, 0.25) is 0 Å². The number of Topliss-reactive ketones (excluding diaryl/α,β-unsaturated/α-hetero) is 1. The van der Waals surface area contributed by atoms with Gasteiger partial charge >= 0.3 is 6.36 Å². The van der Waals surface area contributed by atoms with Crippen molar-refractivity contribution >= 4 is 17.6 Å². The molecule has 0 saturated carbocycles. The molecule has 2 aromatic rings. The predicted octanol–water partition coefficient (Wildman–Crippen LogP) is 3.29. The Morgan fingerprint density at radius 2 is 1.81 bits per heavy atom. The molecule has 0 radical (unpaired) electrons. The van der Waals surface area contributed by atoms with E-state index in [0.29, 0.717) is 49.4 Å². The number of amides is 2. The summed E-state index contributed by atoms with van der Waals surface area (Å²) in [6.07, 6.45) is -3.50. The molecule has 0 aromatic heterocycles. The van der Waals surface area contributed by atoms with Gasteiger partial charge in [-0.05, 0) is 48.6 Å². The second kappa shape index (κ2) is 13.0. The van der Waals surface area contributed by atoms with Crippen LogP contribution >= 0.6 is 0 Å². The van der Waals surface area contributed by atoms with Crippen LogP contribution in [0.3, 0.4) is 0 Å². The maximum atomic E-state index is 13.0. The first-order valence-electron chi connectivity index (χ1n) is 11.4. The van der Waals surface area contributed by atoms with Crippen LogP contribution in [0.4, 0.5) is 13.2 Å². The van der Waals surface area contributed by atoms with Crippen LogP contribution < -0.4 is 15.4 Å². The number of hydrogen-bond acceptors (Lipinski definition) is 6. The summed E-state index contributed by atoms with van der Waals surface area (Å²) in [5, 5.41) is 5.05. The lowest BCUT2D eigenvalue weighted by Gasteiger charge is -2.19. The molecule has 0 aliphatic carbocycles. The summed E-state index contributed by atoms with van der Waals surface area (Å²) < 4.78 is 52.3. The molecule has 1 aliphatic heterocycles. The minimum Gasteiger partial charge on any atom is -0.406 e. The van der Waals surface area contributed by atoms with E-state index in [1.165, 1.54) is 12.1 Å². The Hall–Kier alpha value is -3.44. The van der Waals surface area contributed by atoms with Gasteiger partial charge < -0.3 is 24.8 Å². The van der Waals surface area contributed by atoms with E-state index in [2.05, 4.69) is 15.4 Å². The number of halogens is 3. The van der Waals surface area contributed by atoms with Gasteiger partial charge in [0.2, 0.25) is 5.78 Å². The quantitative estimate of drug-likeness (QED) is 0.601. The zero-order valence-electron chi connectivity index (χ0n) is 19.4. The smallest absolute Gasteiger partial charge is 0.406 e. The van der Waals surface area contributed by atoms with Gasteiger partial charge in [0.25, 0.3) is 11.8 Å². The zero-order valence-corrected chi connectivity index (χ0v) is 19.4. The molecule has 1 atom stereocenters. The van der Waals surface area contributed by atoms with Gasteiger partial charge in [-0.2, -0.15) is 0 Å². The Morgan fingerprint density at radius 1 is 1.03 bits per heavy atom. The van der Waals surface area contributed by atoms with E-state index in [0.717, 1.165) is 12.1 Å². The molecule has 2 aromatic carbocycles. The van der Waals surface area contributed by atoms with Gasteiger partial charge in [0, 0.05) is 18.7 Å². The molecule has 1 unspecified atom stereocenters. The summed E-state index contributed by atoms with van der Waals surface area (Å²) in [5.74, 6) is -2.77. The Kier molecular flexibility index (Phi) is 9.83. The molecule has 8 nitrogen and oxygen atoms in total. The van der Waals surface area contributed by atoms with Gasteiger partial charge in [0.05, 0.1) is 25.9 Å². The highest BCUT2D eigenvalue weighted by molar-refractivity contribution is 6.38. The van der Waals surface area contributed by atoms with Crippen molar-refractivity contribution < 1.29 is 41.8 Å². The van der Waals surface area contributed by atoms with Gasteiger partial charge in [-0.1, -0.05) is 30.3 Å². The average Bonchev–Trinajstić information content (AvgIpc) is 2.84. The number of carbonyl (C=O) groups excluding carboxylic acids is 3. The van der Waals surface area contributed by atoms with Crippen molar-refractivity contribution in [3.63, 3.8) is 0 Å². The number of benzene rings is 2. The van der Waals surface area contributed by atoms with Crippen molar-refractivity contribution in [2.24, 2.45) is 0 Å². The van der Waals surface area contributed by atoms with Crippen LogP contribution in [-0.2, 0) is 32.2 Å². The van der Waals surface area contributed by atoms with E-state index in [-0.39, 0.29) is 19.6 Å². The topological polar surface area (TPSA) is 103 Å². The fraction of sp³-hybridized carbons (Fsp3) is 0.400. The Morgan fingerprint density at radius 3 is 2.61 bits per heavy atom. The number of fused-ring (bicyclic) bond motifs is 1. The summed E-state index contributed by atoms with van der Waals surface area (Å²) in [7, 11) is 0. The Balaban J connectivity index is 1.68. The average molecular weight is 508 g/mol. The highest BCUT2D eigenvalue weighted by Crippen LogP contribution is 2.23. The van der Waals surface area contributed by atoms with E-state index in [9.17, 15) is 27.6 Å². The van der Waals surface area contributed by atoms with Gasteiger partial charge in [-0.25, -0.2) is 0 Å². The van der Waals surface area contributed by atoms with Crippen LogP contribution in [0.15, 0.2) is 48.5 Å². The molecular weight excluding hydrogens is 481 g/mol. The fourth-order valence-corrected chi connectivity index (χ4v) is 3.61. The second-order valence-electron chi connectivity index (χ2n) is 8.09. The Labute approximate surface area is 206 Å². The highest BCUT2D eigenvalue weighted by atomic mass is 19.4. The van der Waals surface area contributed by atoms with E-state index in [1.54, 1.807) is 24.3 Å². The van der Waals surface area contributed by atoms with E-state index in [1.807, 2.05) is 0 Å². The third-order valence-corrected chi connectivity index (χ3v) is 5.35. The van der Waals surface area contributed by atoms with Gasteiger partial charge in [-0.3, -0.25) is 14.4 Å². The molecule has 1 heterocycles. The highest BCUT2D eigenvalue weighted by Gasteiger charge is 2.31. The maximum absolute atomic E-state index is 13.0. The van der Waals surface area contributed by atoms with E-state index in [4.69, 9.17) is 9.47 Å². The second-order valence-corrected chi connectivity index (χ2v) is 8.09. The van der Waals surface area contributed by atoms with Gasteiger partial charge in [0.1, 0.15) is 5.75 Å². The lowest BCUT2D eigenvalue weighted by Crippen LogP contribution is -2.47. The van der Waals surface area contributed by atoms with Crippen molar-refractivity contribution in [1.82, 2.24) is 10.6 Å². The summed E-state index contributed by atoms with van der Waals surface area (Å²) >= 11 is 0. The third-order valence-electron chi connectivity index (χ3n) is 5.35.